The van der Waals surface area contributed by atoms with Crippen LogP contribution in [0.4, 0.5) is 16.3 Å². The number of rotatable bonds is 6. The van der Waals surface area contributed by atoms with E-state index < -0.39 is 23.9 Å². The fraction of sp³-hybridized carbons (Fsp3) is 0.107. The van der Waals surface area contributed by atoms with Crippen molar-refractivity contribution in [2.24, 2.45) is 0 Å². The number of hydrogen-bond acceptors (Lipinski definition) is 8. The van der Waals surface area contributed by atoms with Gasteiger partial charge in [0.15, 0.2) is 11.4 Å². The molecule has 0 radical (unpaired) electrons. The summed E-state index contributed by atoms with van der Waals surface area (Å²) in [6.07, 6.45) is 3.70. The number of carbonyl (C=O) groups excluding carboxylic acids is 2. The minimum atomic E-state index is -1.27. The van der Waals surface area contributed by atoms with Crippen molar-refractivity contribution in [1.82, 2.24) is 30.3 Å². The predicted octanol–water partition coefficient (Wildman–Crippen LogP) is 4.32. The molecule has 3 heterocycles. The van der Waals surface area contributed by atoms with Crippen molar-refractivity contribution in [2.75, 3.05) is 17.2 Å². The number of carboxylic acid groups (broad SMARTS) is 1. The summed E-state index contributed by atoms with van der Waals surface area (Å²) in [6.45, 7) is 0.292. The zero-order chi connectivity index (χ0) is 29.2. The molecule has 1 atom stereocenters. The second-order valence-electron chi connectivity index (χ2n) is 9.31. The van der Waals surface area contributed by atoms with Gasteiger partial charge in [-0.3, -0.25) is 14.9 Å². The summed E-state index contributed by atoms with van der Waals surface area (Å²) in [4.78, 5) is 40.1. The molecule has 14 heteroatoms. The lowest BCUT2D eigenvalue weighted by molar-refractivity contribution is -0.135. The Morgan fingerprint density at radius 3 is 2.74 bits per heavy atom. The normalized spacial score (nSPS) is 14.6. The molecule has 3 N–H and O–H groups in total. The standard InChI is InChI=1S/C28H21ClN8O5/c29-18-9-10-22(37-15-30-34-35-37)17(14-18)8-11-23(38)36-13-12-16-4-1-2-5-19(16)24(36)27(39)32-26-20-6-3-7-21(31-28(40)41)25(20)42-33-26/h1-11,14-15,24,31H,12-13H2,(H,40,41)(H,32,33,39)/b11-8+. The number of tetrazole rings is 1. The summed E-state index contributed by atoms with van der Waals surface area (Å²) in [5.41, 5.74) is 3.18. The summed E-state index contributed by atoms with van der Waals surface area (Å²) in [5.74, 6) is -0.807. The molecule has 6 rings (SSSR count). The molecule has 13 nitrogen and oxygen atoms in total. The van der Waals surface area contributed by atoms with E-state index in [9.17, 15) is 14.4 Å². The van der Waals surface area contributed by atoms with Crippen LogP contribution in [0.5, 0.6) is 0 Å². The Labute approximate surface area is 242 Å². The molecule has 0 saturated heterocycles. The first kappa shape index (κ1) is 26.7. The largest absolute Gasteiger partial charge is 0.465 e. The number of benzene rings is 3. The van der Waals surface area contributed by atoms with E-state index in [-0.39, 0.29) is 17.1 Å². The maximum Gasteiger partial charge on any atom is 0.409 e. The average molecular weight is 585 g/mol. The highest BCUT2D eigenvalue weighted by Crippen LogP contribution is 2.34. The van der Waals surface area contributed by atoms with Crippen LogP contribution in [0, 0.1) is 0 Å². The van der Waals surface area contributed by atoms with E-state index in [1.807, 2.05) is 24.3 Å². The average Bonchev–Trinajstić information content (AvgIpc) is 3.66. The minimum absolute atomic E-state index is 0.0973. The lowest BCUT2D eigenvalue weighted by atomic mass is 9.91. The van der Waals surface area contributed by atoms with Gasteiger partial charge in [-0.2, -0.15) is 4.68 Å². The van der Waals surface area contributed by atoms with Crippen LogP contribution >= 0.6 is 11.6 Å². The zero-order valence-corrected chi connectivity index (χ0v) is 22.4. The number of hydrogen-bond donors (Lipinski definition) is 3. The van der Waals surface area contributed by atoms with E-state index in [0.717, 1.165) is 5.56 Å². The third-order valence-corrected chi connectivity index (χ3v) is 7.02. The molecule has 0 fully saturated rings. The van der Waals surface area contributed by atoms with Crippen LogP contribution in [0.25, 0.3) is 22.7 Å². The van der Waals surface area contributed by atoms with Crippen LogP contribution in [-0.4, -0.2) is 59.8 Å². The van der Waals surface area contributed by atoms with E-state index in [0.29, 0.717) is 40.2 Å². The van der Waals surface area contributed by atoms with Crippen LogP contribution in [0.2, 0.25) is 5.02 Å². The van der Waals surface area contributed by atoms with Gasteiger partial charge in [0, 0.05) is 23.2 Å². The molecule has 5 aromatic rings. The molecular weight excluding hydrogens is 564 g/mol. The number of nitrogens with one attached hydrogen (secondary N) is 2. The zero-order valence-electron chi connectivity index (χ0n) is 21.6. The first-order chi connectivity index (χ1) is 20.4. The molecule has 2 aromatic heterocycles. The van der Waals surface area contributed by atoms with E-state index in [2.05, 4.69) is 31.3 Å². The van der Waals surface area contributed by atoms with Crippen molar-refractivity contribution in [2.45, 2.75) is 12.5 Å². The summed E-state index contributed by atoms with van der Waals surface area (Å²) in [7, 11) is 0. The molecule has 0 spiro atoms. The minimum Gasteiger partial charge on any atom is -0.465 e. The Bertz CT molecular complexity index is 1850. The third kappa shape index (κ3) is 5.15. The first-order valence-corrected chi connectivity index (χ1v) is 13.1. The molecule has 42 heavy (non-hydrogen) atoms. The van der Waals surface area contributed by atoms with E-state index in [1.54, 1.807) is 36.4 Å². The molecule has 1 aliphatic heterocycles. The molecule has 1 unspecified atom stereocenters. The highest BCUT2D eigenvalue weighted by molar-refractivity contribution is 6.30. The van der Waals surface area contributed by atoms with Crippen LogP contribution in [0.3, 0.4) is 0 Å². The Balaban J connectivity index is 1.31. The lowest BCUT2D eigenvalue weighted by Crippen LogP contribution is -2.44. The monoisotopic (exact) mass is 584 g/mol. The first-order valence-electron chi connectivity index (χ1n) is 12.7. The number of amides is 3. The molecule has 210 valence electrons. The number of aromatic nitrogens is 5. The Morgan fingerprint density at radius 2 is 1.93 bits per heavy atom. The Kier molecular flexibility index (Phi) is 7.07. The number of carbonyl (C=O) groups is 3. The van der Waals surface area contributed by atoms with Gasteiger partial charge < -0.3 is 19.8 Å². The van der Waals surface area contributed by atoms with Crippen molar-refractivity contribution in [3.05, 3.63) is 94.8 Å². The quantitative estimate of drug-likeness (QED) is 0.246. The second kappa shape index (κ2) is 11.1. The van der Waals surface area contributed by atoms with Crippen molar-refractivity contribution < 1.29 is 24.0 Å². The van der Waals surface area contributed by atoms with Gasteiger partial charge in [-0.25, -0.2) is 4.79 Å². The summed E-state index contributed by atoms with van der Waals surface area (Å²) in [5, 5.41) is 30.2. The van der Waals surface area contributed by atoms with Gasteiger partial charge in [-0.15, -0.1) is 5.10 Å². The topological polar surface area (TPSA) is 168 Å². The Hall–Kier alpha value is -5.56. The van der Waals surface area contributed by atoms with E-state index in [1.165, 1.54) is 28.1 Å². The molecule has 0 bridgehead atoms. The maximum atomic E-state index is 13.8. The maximum absolute atomic E-state index is 13.8. The van der Waals surface area contributed by atoms with Crippen LogP contribution in [0.15, 0.2) is 77.6 Å². The Morgan fingerprint density at radius 1 is 1.07 bits per heavy atom. The van der Waals surface area contributed by atoms with Crippen molar-refractivity contribution in [3.8, 4) is 5.69 Å². The number of nitrogens with zero attached hydrogens (tertiary/aromatic N) is 6. The van der Waals surface area contributed by atoms with Crippen molar-refractivity contribution in [1.29, 1.82) is 0 Å². The van der Waals surface area contributed by atoms with Crippen LogP contribution < -0.4 is 10.6 Å². The molecule has 1 aliphatic rings. The van der Waals surface area contributed by atoms with Crippen molar-refractivity contribution >= 4 is 58.1 Å². The van der Waals surface area contributed by atoms with E-state index >= 15 is 0 Å². The van der Waals surface area contributed by atoms with Gasteiger partial charge in [0.25, 0.3) is 5.91 Å². The summed E-state index contributed by atoms with van der Waals surface area (Å²) < 4.78 is 6.79. The van der Waals surface area contributed by atoms with Gasteiger partial charge in [-0.1, -0.05) is 47.1 Å². The highest BCUT2D eigenvalue weighted by atomic mass is 35.5. The summed E-state index contributed by atoms with van der Waals surface area (Å²) in [6, 6.07) is 16.3. The number of para-hydroxylation sites is 1. The number of anilines is 2. The summed E-state index contributed by atoms with van der Waals surface area (Å²) >= 11 is 6.22. The van der Waals surface area contributed by atoms with Crippen LogP contribution in [-0.2, 0) is 16.0 Å². The second-order valence-corrected chi connectivity index (χ2v) is 9.74. The molecule has 3 aromatic carbocycles. The predicted molar refractivity (Wildman–Crippen MR) is 152 cm³/mol. The SMILES string of the molecule is O=C(O)Nc1cccc2c(NC(=O)C3c4ccccc4CCN3C(=O)/C=C/c3cc(Cl)ccc3-n3cnnn3)noc12. The number of halogens is 1. The van der Waals surface area contributed by atoms with Gasteiger partial charge in [0.1, 0.15) is 12.4 Å². The molecule has 0 saturated carbocycles. The fourth-order valence-electron chi connectivity index (χ4n) is 4.93. The van der Waals surface area contributed by atoms with Crippen molar-refractivity contribution in [3.63, 3.8) is 0 Å². The van der Waals surface area contributed by atoms with Gasteiger partial charge in [0.2, 0.25) is 5.91 Å². The molecular formula is C28H21ClN8O5. The third-order valence-electron chi connectivity index (χ3n) is 6.79. The smallest absolute Gasteiger partial charge is 0.409 e. The van der Waals surface area contributed by atoms with Gasteiger partial charge >= 0.3 is 6.09 Å². The lowest BCUT2D eigenvalue weighted by Gasteiger charge is -2.35. The molecule has 3 amide bonds. The number of fused-ring (bicyclic) bond motifs is 2. The molecule has 0 aliphatic carbocycles. The fourth-order valence-corrected chi connectivity index (χ4v) is 5.11. The van der Waals surface area contributed by atoms with Crippen LogP contribution in [0.1, 0.15) is 22.7 Å². The van der Waals surface area contributed by atoms with Gasteiger partial charge in [-0.05, 0) is 64.4 Å². The van der Waals surface area contributed by atoms with E-state index in [4.69, 9.17) is 21.2 Å². The highest BCUT2D eigenvalue weighted by Gasteiger charge is 2.35. The van der Waals surface area contributed by atoms with Gasteiger partial charge in [0.05, 0.1) is 16.8 Å².